The van der Waals surface area contributed by atoms with Gasteiger partial charge in [-0.1, -0.05) is 26.2 Å². The van der Waals surface area contributed by atoms with Crippen LogP contribution in [0.2, 0.25) is 0 Å². The fourth-order valence-corrected chi connectivity index (χ4v) is 4.05. The Balaban J connectivity index is 2.12. The average Bonchev–Trinajstić information content (AvgIpc) is 2.82. The predicted octanol–water partition coefficient (Wildman–Crippen LogP) is 3.76. The molecule has 4 heteroatoms. The van der Waals surface area contributed by atoms with Crippen molar-refractivity contribution in [2.24, 2.45) is 0 Å². The van der Waals surface area contributed by atoms with Crippen LogP contribution in [-0.2, 0) is 16.9 Å². The Morgan fingerprint density at radius 1 is 1.32 bits per heavy atom. The Morgan fingerprint density at radius 3 is 2.68 bits per heavy atom. The van der Waals surface area contributed by atoms with Gasteiger partial charge in [0.2, 0.25) is 0 Å². The number of aryl methyl sites for hydroxylation is 1. The van der Waals surface area contributed by atoms with Crippen molar-refractivity contribution in [2.75, 3.05) is 13.7 Å². The molecule has 19 heavy (non-hydrogen) atoms. The Hall–Kier alpha value is -0.450. The second kappa shape index (κ2) is 6.82. The standard InChI is InChI=1S/C15H26N2OS/c1-4-10-16-11-13-12(2)17-14(19-13)15(18-3)8-6-5-7-9-15/h16H,4-11H2,1-3H3. The largest absolute Gasteiger partial charge is 0.371 e. The summed E-state index contributed by atoms with van der Waals surface area (Å²) in [5.41, 5.74) is 1.07. The van der Waals surface area contributed by atoms with Gasteiger partial charge in [0.15, 0.2) is 0 Å². The van der Waals surface area contributed by atoms with E-state index in [1.807, 2.05) is 18.4 Å². The summed E-state index contributed by atoms with van der Waals surface area (Å²) < 4.78 is 5.89. The summed E-state index contributed by atoms with van der Waals surface area (Å²) in [6, 6.07) is 0. The molecule has 1 aromatic heterocycles. The lowest BCUT2D eigenvalue weighted by Crippen LogP contribution is -2.30. The Bertz CT molecular complexity index is 397. The van der Waals surface area contributed by atoms with Crippen molar-refractivity contribution in [1.82, 2.24) is 10.3 Å². The molecule has 0 aromatic carbocycles. The molecule has 1 aromatic rings. The highest BCUT2D eigenvalue weighted by Crippen LogP contribution is 2.42. The van der Waals surface area contributed by atoms with Crippen LogP contribution in [-0.4, -0.2) is 18.6 Å². The van der Waals surface area contributed by atoms with E-state index in [2.05, 4.69) is 19.2 Å². The number of nitrogens with zero attached hydrogens (tertiary/aromatic N) is 1. The lowest BCUT2D eigenvalue weighted by atomic mass is 9.85. The highest BCUT2D eigenvalue weighted by molar-refractivity contribution is 7.11. The van der Waals surface area contributed by atoms with Crippen LogP contribution in [0, 0.1) is 6.92 Å². The van der Waals surface area contributed by atoms with E-state index in [9.17, 15) is 0 Å². The van der Waals surface area contributed by atoms with Gasteiger partial charge >= 0.3 is 0 Å². The normalized spacial score (nSPS) is 18.7. The third-order valence-electron chi connectivity index (χ3n) is 4.05. The third kappa shape index (κ3) is 3.36. The maximum absolute atomic E-state index is 5.89. The van der Waals surface area contributed by atoms with Crippen LogP contribution in [0.5, 0.6) is 0 Å². The van der Waals surface area contributed by atoms with Crippen LogP contribution < -0.4 is 5.32 Å². The zero-order chi connectivity index (χ0) is 13.7. The lowest BCUT2D eigenvalue weighted by Gasteiger charge is -2.34. The molecule has 0 spiro atoms. The van der Waals surface area contributed by atoms with Crippen molar-refractivity contribution in [3.63, 3.8) is 0 Å². The first-order valence-corrected chi connectivity index (χ1v) is 8.26. The summed E-state index contributed by atoms with van der Waals surface area (Å²) >= 11 is 1.84. The second-order valence-corrected chi connectivity index (χ2v) is 6.55. The number of methoxy groups -OCH3 is 1. The first kappa shape index (κ1) is 14.9. The summed E-state index contributed by atoms with van der Waals surface area (Å²) in [5.74, 6) is 0. The summed E-state index contributed by atoms with van der Waals surface area (Å²) in [6.45, 7) is 6.33. The van der Waals surface area contributed by atoms with Crippen LogP contribution in [0.15, 0.2) is 0 Å². The zero-order valence-corrected chi connectivity index (χ0v) is 13.2. The maximum atomic E-state index is 5.89. The van der Waals surface area contributed by atoms with Crippen LogP contribution in [0.1, 0.15) is 61.0 Å². The fourth-order valence-electron chi connectivity index (χ4n) is 2.79. The van der Waals surface area contributed by atoms with Gasteiger partial charge < -0.3 is 10.1 Å². The van der Waals surface area contributed by atoms with Gasteiger partial charge in [-0.05, 0) is 32.7 Å². The van der Waals surface area contributed by atoms with Crippen molar-refractivity contribution in [3.05, 3.63) is 15.6 Å². The van der Waals surface area contributed by atoms with E-state index in [1.165, 1.54) is 41.3 Å². The molecule has 0 aliphatic heterocycles. The van der Waals surface area contributed by atoms with E-state index in [0.717, 1.165) is 25.9 Å². The lowest BCUT2D eigenvalue weighted by molar-refractivity contribution is -0.0446. The first-order valence-electron chi connectivity index (χ1n) is 7.44. The SMILES string of the molecule is CCCNCc1sc(C2(OC)CCCCC2)nc1C. The fraction of sp³-hybridized carbons (Fsp3) is 0.800. The van der Waals surface area contributed by atoms with Crippen molar-refractivity contribution < 1.29 is 4.74 Å². The van der Waals surface area contributed by atoms with Gasteiger partial charge in [0.05, 0.1) is 5.69 Å². The van der Waals surface area contributed by atoms with Gasteiger partial charge in [-0.15, -0.1) is 11.3 Å². The van der Waals surface area contributed by atoms with Crippen LogP contribution in [0.25, 0.3) is 0 Å². The number of ether oxygens (including phenoxy) is 1. The number of hydrogen-bond donors (Lipinski definition) is 1. The molecule has 0 unspecified atom stereocenters. The smallest absolute Gasteiger partial charge is 0.125 e. The highest BCUT2D eigenvalue weighted by atomic mass is 32.1. The summed E-state index contributed by atoms with van der Waals surface area (Å²) in [5, 5.41) is 4.66. The molecule has 1 saturated carbocycles. The molecule has 3 nitrogen and oxygen atoms in total. The van der Waals surface area contributed by atoms with Crippen LogP contribution in [0.3, 0.4) is 0 Å². The van der Waals surface area contributed by atoms with Gasteiger partial charge in [0.1, 0.15) is 10.6 Å². The molecule has 1 aliphatic rings. The first-order chi connectivity index (χ1) is 9.22. The van der Waals surface area contributed by atoms with E-state index in [-0.39, 0.29) is 5.60 Å². The average molecular weight is 282 g/mol. The number of aromatic nitrogens is 1. The third-order valence-corrected chi connectivity index (χ3v) is 5.39. The van der Waals surface area contributed by atoms with Crippen molar-refractivity contribution in [1.29, 1.82) is 0 Å². The van der Waals surface area contributed by atoms with E-state index in [0.29, 0.717) is 0 Å². The predicted molar refractivity (Wildman–Crippen MR) is 80.6 cm³/mol. The molecule has 108 valence electrons. The summed E-state index contributed by atoms with van der Waals surface area (Å²) in [6.07, 6.45) is 7.27. The minimum atomic E-state index is -0.101. The van der Waals surface area contributed by atoms with Gasteiger partial charge in [0.25, 0.3) is 0 Å². The molecule has 2 rings (SSSR count). The minimum Gasteiger partial charge on any atom is -0.371 e. The quantitative estimate of drug-likeness (QED) is 0.807. The molecule has 0 amide bonds. The topological polar surface area (TPSA) is 34.1 Å². The molecular formula is C15H26N2OS. The van der Waals surface area contributed by atoms with Gasteiger partial charge in [-0.25, -0.2) is 4.98 Å². The van der Waals surface area contributed by atoms with E-state index < -0.39 is 0 Å². The molecular weight excluding hydrogens is 256 g/mol. The number of thiazole rings is 1. The maximum Gasteiger partial charge on any atom is 0.125 e. The van der Waals surface area contributed by atoms with Gasteiger partial charge in [-0.2, -0.15) is 0 Å². The number of rotatable bonds is 6. The van der Waals surface area contributed by atoms with Gasteiger partial charge in [0, 0.05) is 18.5 Å². The molecule has 0 atom stereocenters. The Labute approximate surface area is 120 Å². The molecule has 0 radical (unpaired) electrons. The molecule has 1 fully saturated rings. The van der Waals surface area contributed by atoms with Gasteiger partial charge in [-0.3, -0.25) is 0 Å². The van der Waals surface area contributed by atoms with Crippen LogP contribution >= 0.6 is 11.3 Å². The molecule has 0 bridgehead atoms. The number of nitrogens with one attached hydrogen (secondary N) is 1. The molecule has 1 heterocycles. The Morgan fingerprint density at radius 2 is 2.05 bits per heavy atom. The highest BCUT2D eigenvalue weighted by Gasteiger charge is 2.37. The minimum absolute atomic E-state index is 0.101. The van der Waals surface area contributed by atoms with E-state index >= 15 is 0 Å². The molecule has 1 aliphatic carbocycles. The molecule has 0 saturated heterocycles. The summed E-state index contributed by atoms with van der Waals surface area (Å²) in [7, 11) is 1.84. The van der Waals surface area contributed by atoms with Crippen molar-refractivity contribution >= 4 is 11.3 Å². The zero-order valence-electron chi connectivity index (χ0n) is 12.4. The van der Waals surface area contributed by atoms with Crippen LogP contribution in [0.4, 0.5) is 0 Å². The second-order valence-electron chi connectivity index (χ2n) is 5.46. The number of hydrogen-bond acceptors (Lipinski definition) is 4. The monoisotopic (exact) mass is 282 g/mol. The molecule has 1 N–H and O–H groups in total. The van der Waals surface area contributed by atoms with E-state index in [1.54, 1.807) is 0 Å². The Kier molecular flexibility index (Phi) is 5.37. The van der Waals surface area contributed by atoms with E-state index in [4.69, 9.17) is 9.72 Å². The summed E-state index contributed by atoms with van der Waals surface area (Å²) in [4.78, 5) is 6.18. The van der Waals surface area contributed by atoms with Crippen molar-refractivity contribution in [3.8, 4) is 0 Å². The van der Waals surface area contributed by atoms with Crippen molar-refractivity contribution in [2.45, 2.75) is 64.5 Å².